The van der Waals surface area contributed by atoms with Gasteiger partial charge >= 0.3 is 0 Å². The highest BCUT2D eigenvalue weighted by atomic mass is 16.5. The van der Waals surface area contributed by atoms with Crippen LogP contribution in [0.2, 0.25) is 0 Å². The van der Waals surface area contributed by atoms with Crippen LogP contribution in [0.1, 0.15) is 25.3 Å². The zero-order chi connectivity index (χ0) is 16.2. The number of carbonyl (C=O) groups is 1. The topological polar surface area (TPSA) is 50.8 Å². The Morgan fingerprint density at radius 2 is 2.35 bits per heavy atom. The van der Waals surface area contributed by atoms with E-state index in [0.717, 1.165) is 43.0 Å². The maximum absolute atomic E-state index is 12.8. The number of likely N-dealkylation sites (N-methyl/N-ethyl adjacent to an activating group) is 1. The van der Waals surface area contributed by atoms with Gasteiger partial charge in [0.25, 0.3) is 5.91 Å². The second-order valence-electron chi connectivity index (χ2n) is 5.94. The lowest BCUT2D eigenvalue weighted by atomic mass is 10.0. The van der Waals surface area contributed by atoms with Crippen LogP contribution < -0.4 is 14.8 Å². The number of benzene rings is 1. The van der Waals surface area contributed by atoms with Crippen molar-refractivity contribution in [3.05, 3.63) is 29.3 Å². The van der Waals surface area contributed by atoms with E-state index in [4.69, 9.17) is 9.47 Å². The van der Waals surface area contributed by atoms with Gasteiger partial charge in [-0.15, -0.1) is 0 Å². The van der Waals surface area contributed by atoms with E-state index in [9.17, 15) is 4.79 Å². The average molecular weight is 316 g/mol. The summed E-state index contributed by atoms with van der Waals surface area (Å²) in [5.74, 6) is 1.55. The molecule has 1 N–H and O–H groups in total. The Bertz CT molecular complexity index is 612. The molecule has 0 spiro atoms. The fourth-order valence-electron chi connectivity index (χ4n) is 3.17. The third kappa shape index (κ3) is 3.34. The van der Waals surface area contributed by atoms with Crippen molar-refractivity contribution in [2.75, 3.05) is 33.4 Å². The third-order valence-corrected chi connectivity index (χ3v) is 4.40. The highest BCUT2D eigenvalue weighted by molar-refractivity contribution is 5.99. The van der Waals surface area contributed by atoms with Crippen molar-refractivity contribution in [3.8, 4) is 11.5 Å². The first kappa shape index (κ1) is 15.9. The van der Waals surface area contributed by atoms with Crippen molar-refractivity contribution in [2.24, 2.45) is 0 Å². The van der Waals surface area contributed by atoms with Gasteiger partial charge in [-0.1, -0.05) is 12.1 Å². The van der Waals surface area contributed by atoms with Crippen LogP contribution in [-0.4, -0.2) is 50.2 Å². The van der Waals surface area contributed by atoms with Crippen molar-refractivity contribution in [3.63, 3.8) is 0 Å². The summed E-state index contributed by atoms with van der Waals surface area (Å²) in [4.78, 5) is 14.7. The summed E-state index contributed by atoms with van der Waals surface area (Å²) >= 11 is 0. The fourth-order valence-corrected chi connectivity index (χ4v) is 3.17. The smallest absolute Gasteiger partial charge is 0.253 e. The molecule has 3 rings (SSSR count). The zero-order valence-corrected chi connectivity index (χ0v) is 13.8. The number of hydrogen-bond donors (Lipinski definition) is 1. The van der Waals surface area contributed by atoms with E-state index in [1.807, 2.05) is 43.1 Å². The molecule has 0 bridgehead atoms. The van der Waals surface area contributed by atoms with Crippen molar-refractivity contribution < 1.29 is 14.3 Å². The van der Waals surface area contributed by atoms with Gasteiger partial charge in [0.2, 0.25) is 0 Å². The third-order valence-electron chi connectivity index (χ3n) is 4.40. The first-order valence-corrected chi connectivity index (χ1v) is 8.28. The number of para-hydroxylation sites is 1. The summed E-state index contributed by atoms with van der Waals surface area (Å²) in [5, 5.41) is 3.27. The molecule has 1 atom stereocenters. The summed E-state index contributed by atoms with van der Waals surface area (Å²) < 4.78 is 11.4. The van der Waals surface area contributed by atoms with E-state index in [2.05, 4.69) is 5.32 Å². The molecule has 5 nitrogen and oxygen atoms in total. The van der Waals surface area contributed by atoms with Crippen molar-refractivity contribution in [2.45, 2.75) is 25.8 Å². The molecule has 23 heavy (non-hydrogen) atoms. The van der Waals surface area contributed by atoms with E-state index in [1.54, 1.807) is 0 Å². The van der Waals surface area contributed by atoms with Crippen molar-refractivity contribution in [1.29, 1.82) is 0 Å². The van der Waals surface area contributed by atoms with Crippen LogP contribution in [0.5, 0.6) is 11.5 Å². The number of rotatable bonds is 4. The minimum atomic E-state index is 0.0809. The standard InChI is InChI=1S/C18H24N2O3/c1-3-22-16-8-4-6-13-10-14(12-23-17(13)16)18(21)20-9-5-7-15(11-20)19-2/h4,6,8,10,15,19H,3,5,7,9,11-12H2,1-2H3. The Hall–Kier alpha value is -2.01. The minimum Gasteiger partial charge on any atom is -0.490 e. The summed E-state index contributed by atoms with van der Waals surface area (Å²) in [6.45, 7) is 4.42. The Morgan fingerprint density at radius 1 is 1.48 bits per heavy atom. The highest BCUT2D eigenvalue weighted by Crippen LogP contribution is 2.36. The Morgan fingerprint density at radius 3 is 3.13 bits per heavy atom. The van der Waals surface area contributed by atoms with Gasteiger partial charge in [-0.3, -0.25) is 4.79 Å². The van der Waals surface area contributed by atoms with Gasteiger partial charge in [0.1, 0.15) is 6.61 Å². The summed E-state index contributed by atoms with van der Waals surface area (Å²) in [6, 6.07) is 6.16. The zero-order valence-electron chi connectivity index (χ0n) is 13.8. The SMILES string of the molecule is CCOc1cccc2c1OCC(C(=O)N1CCCC(NC)C1)=C2. The maximum atomic E-state index is 12.8. The van der Waals surface area contributed by atoms with Crippen LogP contribution in [0.4, 0.5) is 0 Å². The Kier molecular flexibility index (Phi) is 4.86. The predicted octanol–water partition coefficient (Wildman–Crippen LogP) is 2.07. The molecule has 2 heterocycles. The normalized spacial score (nSPS) is 20.3. The van der Waals surface area contributed by atoms with Gasteiger partial charge in [0.15, 0.2) is 11.5 Å². The molecule has 1 amide bonds. The minimum absolute atomic E-state index is 0.0809. The van der Waals surface area contributed by atoms with Gasteiger partial charge in [0.05, 0.1) is 12.2 Å². The molecule has 0 aliphatic carbocycles. The van der Waals surface area contributed by atoms with E-state index in [1.165, 1.54) is 0 Å². The van der Waals surface area contributed by atoms with Gasteiger partial charge in [-0.2, -0.15) is 0 Å². The molecule has 0 radical (unpaired) electrons. The molecule has 1 fully saturated rings. The van der Waals surface area contributed by atoms with Gasteiger partial charge in [-0.05, 0) is 39.0 Å². The molecule has 1 unspecified atom stereocenters. The van der Waals surface area contributed by atoms with Crippen LogP contribution in [0.3, 0.4) is 0 Å². The van der Waals surface area contributed by atoms with Crippen LogP contribution in [-0.2, 0) is 4.79 Å². The molecule has 2 aliphatic heterocycles. The second-order valence-corrected chi connectivity index (χ2v) is 5.94. The number of amides is 1. The van der Waals surface area contributed by atoms with Crippen molar-refractivity contribution in [1.82, 2.24) is 10.2 Å². The summed E-state index contributed by atoms with van der Waals surface area (Å²) in [6.07, 6.45) is 4.10. The lowest BCUT2D eigenvalue weighted by Gasteiger charge is -2.33. The average Bonchev–Trinajstić information content (AvgIpc) is 2.61. The molecule has 0 aromatic heterocycles. The number of piperidine rings is 1. The lowest BCUT2D eigenvalue weighted by Crippen LogP contribution is -2.47. The van der Waals surface area contributed by atoms with Gasteiger partial charge in [-0.25, -0.2) is 0 Å². The summed E-state index contributed by atoms with van der Waals surface area (Å²) in [7, 11) is 1.95. The molecular weight excluding hydrogens is 292 g/mol. The first-order chi connectivity index (χ1) is 11.2. The maximum Gasteiger partial charge on any atom is 0.253 e. The number of carbonyl (C=O) groups excluding carboxylic acids is 1. The largest absolute Gasteiger partial charge is 0.490 e. The molecule has 1 aromatic rings. The summed E-state index contributed by atoms with van der Waals surface area (Å²) in [5.41, 5.74) is 1.62. The number of nitrogens with one attached hydrogen (secondary N) is 1. The molecule has 1 aromatic carbocycles. The molecule has 5 heteroatoms. The van der Waals surface area contributed by atoms with Gasteiger partial charge in [0, 0.05) is 24.7 Å². The monoisotopic (exact) mass is 316 g/mol. The number of hydrogen-bond acceptors (Lipinski definition) is 4. The van der Waals surface area contributed by atoms with Crippen LogP contribution in [0, 0.1) is 0 Å². The molecule has 124 valence electrons. The van der Waals surface area contributed by atoms with Crippen molar-refractivity contribution >= 4 is 12.0 Å². The highest BCUT2D eigenvalue weighted by Gasteiger charge is 2.27. The van der Waals surface area contributed by atoms with Gasteiger partial charge < -0.3 is 19.7 Å². The number of nitrogens with zero attached hydrogens (tertiary/aromatic N) is 1. The van der Waals surface area contributed by atoms with E-state index < -0.39 is 0 Å². The van der Waals surface area contributed by atoms with Crippen LogP contribution >= 0.6 is 0 Å². The second kappa shape index (κ2) is 7.04. The molecule has 1 saturated heterocycles. The fraction of sp³-hybridized carbons (Fsp3) is 0.500. The van der Waals surface area contributed by atoms with E-state index in [0.29, 0.717) is 24.8 Å². The molecule has 0 saturated carbocycles. The number of ether oxygens (including phenoxy) is 2. The van der Waals surface area contributed by atoms with Crippen LogP contribution in [0.15, 0.2) is 23.8 Å². The predicted molar refractivity (Wildman–Crippen MR) is 89.7 cm³/mol. The van der Waals surface area contributed by atoms with E-state index in [-0.39, 0.29) is 5.91 Å². The number of likely N-dealkylation sites (tertiary alicyclic amines) is 1. The Labute approximate surface area is 137 Å². The molecular formula is C18H24N2O3. The quantitative estimate of drug-likeness (QED) is 0.924. The Balaban J connectivity index is 1.79. The number of fused-ring (bicyclic) bond motifs is 1. The van der Waals surface area contributed by atoms with E-state index >= 15 is 0 Å². The van der Waals surface area contributed by atoms with Crippen LogP contribution in [0.25, 0.3) is 6.08 Å². The molecule has 2 aliphatic rings. The first-order valence-electron chi connectivity index (χ1n) is 8.28. The lowest BCUT2D eigenvalue weighted by molar-refractivity contribution is -0.128.